The van der Waals surface area contributed by atoms with Crippen LogP contribution >= 0.6 is 0 Å². The van der Waals surface area contributed by atoms with E-state index in [0.717, 1.165) is 12.8 Å². The van der Waals surface area contributed by atoms with Crippen LogP contribution in [0.15, 0.2) is 0 Å². The van der Waals surface area contributed by atoms with E-state index in [9.17, 15) is 8.42 Å². The minimum absolute atomic E-state index is 0.0799. The number of unbranched alkanes of at least 4 members (excludes halogenated alkanes) is 9. The second-order valence-corrected chi connectivity index (χ2v) is 7.24. The third-order valence-electron chi connectivity index (χ3n) is 3.33. The normalized spacial score (nSPS) is 11.1. The van der Waals surface area contributed by atoms with Gasteiger partial charge in [-0.1, -0.05) is 64.7 Å². The number of aliphatic hydroxyl groups is 2. The monoisotopic (exact) mass is 355 g/mol. The Morgan fingerprint density at radius 3 is 1.48 bits per heavy atom. The molecule has 0 aromatic carbocycles. The van der Waals surface area contributed by atoms with Gasteiger partial charge in [-0.15, -0.1) is 0 Å². The fraction of sp³-hybridized carbons (Fsp3) is 1.00. The van der Waals surface area contributed by atoms with Gasteiger partial charge in [-0.3, -0.25) is 4.55 Å². The lowest BCUT2D eigenvalue weighted by molar-refractivity contribution is 0.266. The molecule has 6 nitrogen and oxygen atoms in total. The first-order chi connectivity index (χ1) is 11.0. The van der Waals surface area contributed by atoms with Gasteiger partial charge in [0.15, 0.2) is 0 Å². The summed E-state index contributed by atoms with van der Waals surface area (Å²) in [7, 11) is -3.73. The average molecular weight is 356 g/mol. The van der Waals surface area contributed by atoms with Gasteiger partial charge in [0.2, 0.25) is 0 Å². The van der Waals surface area contributed by atoms with Gasteiger partial charge in [-0.2, -0.15) is 8.42 Å². The van der Waals surface area contributed by atoms with Crippen molar-refractivity contribution < 1.29 is 23.2 Å². The van der Waals surface area contributed by atoms with E-state index >= 15 is 0 Å². The third-order valence-corrected chi connectivity index (χ3v) is 4.14. The summed E-state index contributed by atoms with van der Waals surface area (Å²) in [5.41, 5.74) is 0. The molecule has 0 saturated heterocycles. The van der Waals surface area contributed by atoms with Gasteiger partial charge in [0, 0.05) is 13.1 Å². The smallest absolute Gasteiger partial charge is 0.264 e. The molecule has 0 spiro atoms. The molecular weight excluding hydrogens is 318 g/mol. The maximum atomic E-state index is 10.4. The minimum atomic E-state index is -3.73. The first-order valence-corrected chi connectivity index (χ1v) is 10.5. The number of nitrogens with one attached hydrogen (secondary N) is 1. The first-order valence-electron chi connectivity index (χ1n) is 8.85. The molecule has 0 aromatic rings. The van der Waals surface area contributed by atoms with Gasteiger partial charge in [0.25, 0.3) is 10.1 Å². The van der Waals surface area contributed by atoms with Gasteiger partial charge in [0.05, 0.1) is 19.0 Å². The van der Waals surface area contributed by atoms with Gasteiger partial charge < -0.3 is 15.5 Å². The van der Waals surface area contributed by atoms with Gasteiger partial charge in [-0.05, 0) is 6.42 Å². The molecule has 0 unspecified atom stereocenters. The van der Waals surface area contributed by atoms with Crippen LogP contribution in [-0.4, -0.2) is 55.2 Å². The van der Waals surface area contributed by atoms with E-state index in [1.165, 1.54) is 44.9 Å². The molecule has 0 aliphatic rings. The zero-order valence-corrected chi connectivity index (χ0v) is 15.5. The molecule has 0 radical (unpaired) electrons. The predicted molar refractivity (Wildman–Crippen MR) is 95.3 cm³/mol. The molecule has 0 aliphatic carbocycles. The topological polar surface area (TPSA) is 107 Å². The lowest BCUT2D eigenvalue weighted by Gasteiger charge is -2.01. The van der Waals surface area contributed by atoms with E-state index in [0.29, 0.717) is 19.5 Å². The van der Waals surface area contributed by atoms with Crippen LogP contribution < -0.4 is 5.32 Å². The van der Waals surface area contributed by atoms with Crippen molar-refractivity contribution in [1.29, 1.82) is 0 Å². The molecule has 4 N–H and O–H groups in total. The number of hydrogen-bond acceptors (Lipinski definition) is 5. The molecule has 0 amide bonds. The Hall–Kier alpha value is -0.210. The molecule has 7 heteroatoms. The van der Waals surface area contributed by atoms with Crippen molar-refractivity contribution in [2.45, 2.75) is 71.1 Å². The summed E-state index contributed by atoms with van der Waals surface area (Å²) in [5, 5.41) is 19.1. The van der Waals surface area contributed by atoms with Crippen LogP contribution in [0.4, 0.5) is 0 Å². The highest BCUT2D eigenvalue weighted by Crippen LogP contribution is 2.10. The molecule has 0 aromatic heterocycles. The Kier molecular flexibility index (Phi) is 21.6. The highest BCUT2D eigenvalue weighted by molar-refractivity contribution is 7.85. The van der Waals surface area contributed by atoms with Crippen molar-refractivity contribution in [2.75, 3.05) is 32.1 Å². The van der Waals surface area contributed by atoms with E-state index < -0.39 is 10.1 Å². The van der Waals surface area contributed by atoms with Gasteiger partial charge in [-0.25, -0.2) is 0 Å². The van der Waals surface area contributed by atoms with Crippen LogP contribution in [0.25, 0.3) is 0 Å². The summed E-state index contributed by atoms with van der Waals surface area (Å²) in [6.07, 6.45) is 11.7. The van der Waals surface area contributed by atoms with Crippen molar-refractivity contribution in [3.8, 4) is 0 Å². The van der Waals surface area contributed by atoms with E-state index in [1.54, 1.807) is 0 Å². The fourth-order valence-corrected chi connectivity index (χ4v) is 2.62. The Morgan fingerprint density at radius 1 is 0.739 bits per heavy atom. The Labute approximate surface area is 142 Å². The zero-order chi connectivity index (χ0) is 17.8. The third kappa shape index (κ3) is 30.3. The van der Waals surface area contributed by atoms with Crippen molar-refractivity contribution in [1.82, 2.24) is 5.32 Å². The second-order valence-electron chi connectivity index (χ2n) is 5.67. The summed E-state index contributed by atoms with van der Waals surface area (Å²) in [6, 6.07) is 0. The molecular formula is C16H37NO5S. The number of hydrogen-bond donors (Lipinski definition) is 4. The van der Waals surface area contributed by atoms with E-state index in [4.69, 9.17) is 14.8 Å². The standard InChI is InChI=1S/C12H26O3S.C4H11NO2/c1-2-3-4-5-6-7-8-9-10-11-12-16(13,14)15;6-3-1-5-2-4-7/h2-12H2,1H3,(H,13,14,15);5-7H,1-4H2. The molecule has 0 saturated carbocycles. The molecule has 0 atom stereocenters. The second kappa shape index (κ2) is 19.8. The quantitative estimate of drug-likeness (QED) is 0.265. The van der Waals surface area contributed by atoms with Crippen molar-refractivity contribution in [2.24, 2.45) is 0 Å². The van der Waals surface area contributed by atoms with Crippen molar-refractivity contribution >= 4 is 10.1 Å². The predicted octanol–water partition coefficient (Wildman–Crippen LogP) is 2.36. The molecule has 142 valence electrons. The van der Waals surface area contributed by atoms with E-state index in [-0.39, 0.29) is 19.0 Å². The molecule has 0 rings (SSSR count). The molecule has 0 bridgehead atoms. The summed E-state index contributed by atoms with van der Waals surface area (Å²) in [5.74, 6) is -0.0799. The number of rotatable bonds is 15. The lowest BCUT2D eigenvalue weighted by Crippen LogP contribution is -2.21. The van der Waals surface area contributed by atoms with Gasteiger partial charge >= 0.3 is 0 Å². The summed E-state index contributed by atoms with van der Waals surface area (Å²) < 4.78 is 29.4. The maximum Gasteiger partial charge on any atom is 0.264 e. The minimum Gasteiger partial charge on any atom is -0.395 e. The molecule has 0 aliphatic heterocycles. The van der Waals surface area contributed by atoms with Crippen LogP contribution in [-0.2, 0) is 10.1 Å². The number of aliphatic hydroxyl groups excluding tert-OH is 2. The highest BCUT2D eigenvalue weighted by Gasteiger charge is 2.02. The Morgan fingerprint density at radius 2 is 1.13 bits per heavy atom. The van der Waals surface area contributed by atoms with Crippen molar-refractivity contribution in [3.63, 3.8) is 0 Å². The fourth-order valence-electron chi connectivity index (χ4n) is 2.06. The lowest BCUT2D eigenvalue weighted by atomic mass is 10.1. The largest absolute Gasteiger partial charge is 0.395 e. The Bertz CT molecular complexity index is 306. The van der Waals surface area contributed by atoms with Crippen LogP contribution in [0.5, 0.6) is 0 Å². The Balaban J connectivity index is 0. The molecule has 23 heavy (non-hydrogen) atoms. The van der Waals surface area contributed by atoms with Gasteiger partial charge in [0.1, 0.15) is 0 Å². The van der Waals surface area contributed by atoms with Crippen LogP contribution in [0, 0.1) is 0 Å². The van der Waals surface area contributed by atoms with Crippen LogP contribution in [0.3, 0.4) is 0 Å². The van der Waals surface area contributed by atoms with Crippen LogP contribution in [0.2, 0.25) is 0 Å². The molecule has 0 fully saturated rings. The average Bonchev–Trinajstić information content (AvgIpc) is 2.49. The van der Waals surface area contributed by atoms with E-state index in [1.807, 2.05) is 0 Å². The van der Waals surface area contributed by atoms with Crippen LogP contribution in [0.1, 0.15) is 71.1 Å². The highest BCUT2D eigenvalue weighted by atomic mass is 32.2. The van der Waals surface area contributed by atoms with Crippen molar-refractivity contribution in [3.05, 3.63) is 0 Å². The first kappa shape index (κ1) is 25.0. The zero-order valence-electron chi connectivity index (χ0n) is 14.7. The SMILES string of the molecule is CCCCCCCCCCCCS(=O)(=O)O.OCCNCCO. The summed E-state index contributed by atoms with van der Waals surface area (Å²) in [4.78, 5) is 0. The summed E-state index contributed by atoms with van der Waals surface area (Å²) in [6.45, 7) is 3.64. The molecule has 0 heterocycles. The van der Waals surface area contributed by atoms with E-state index in [2.05, 4.69) is 12.2 Å². The maximum absolute atomic E-state index is 10.4. The summed E-state index contributed by atoms with van der Waals surface area (Å²) >= 11 is 0.